The molecule has 0 aliphatic carbocycles. The molecule has 0 unspecified atom stereocenters. The molecule has 16 heavy (non-hydrogen) atoms. The molecule has 0 fully saturated rings. The minimum Gasteiger partial charge on any atom is -0.398 e. The minimum atomic E-state index is 0.806. The molecule has 0 aliphatic heterocycles. The number of anilines is 3. The number of nitrogens with two attached hydrogens (primary N) is 1. The van der Waals surface area contributed by atoms with Crippen LogP contribution in [0.5, 0.6) is 0 Å². The summed E-state index contributed by atoms with van der Waals surface area (Å²) in [7, 11) is 0. The highest BCUT2D eigenvalue weighted by atomic mass is 79.9. The van der Waals surface area contributed by atoms with E-state index in [4.69, 9.17) is 5.73 Å². The Bertz CT molecular complexity index is 509. The molecule has 0 saturated carbocycles. The maximum Gasteiger partial charge on any atom is 0.0434 e. The van der Waals surface area contributed by atoms with Crippen molar-refractivity contribution in [1.29, 1.82) is 0 Å². The molecule has 0 amide bonds. The van der Waals surface area contributed by atoms with Gasteiger partial charge in [0.05, 0.1) is 0 Å². The van der Waals surface area contributed by atoms with Crippen molar-refractivity contribution >= 4 is 33.0 Å². The van der Waals surface area contributed by atoms with Crippen molar-refractivity contribution in [2.24, 2.45) is 0 Å². The number of nitrogen functional groups attached to an aromatic ring is 1. The number of benzene rings is 2. The molecule has 0 radical (unpaired) electrons. The maximum atomic E-state index is 5.85. The molecule has 0 saturated heterocycles. The fourth-order valence-electron chi connectivity index (χ4n) is 1.51. The van der Waals surface area contributed by atoms with Crippen LogP contribution >= 0.6 is 15.9 Å². The maximum absolute atomic E-state index is 5.85. The summed E-state index contributed by atoms with van der Waals surface area (Å²) in [6.07, 6.45) is 0. The van der Waals surface area contributed by atoms with Gasteiger partial charge in [-0.1, -0.05) is 28.1 Å². The average molecular weight is 277 g/mol. The summed E-state index contributed by atoms with van der Waals surface area (Å²) >= 11 is 3.44. The molecule has 2 aromatic carbocycles. The van der Waals surface area contributed by atoms with Gasteiger partial charge in [-0.15, -0.1) is 0 Å². The number of hydrogen-bond donors (Lipinski definition) is 2. The van der Waals surface area contributed by atoms with Crippen molar-refractivity contribution in [3.05, 3.63) is 52.5 Å². The Labute approximate surface area is 104 Å². The monoisotopic (exact) mass is 276 g/mol. The van der Waals surface area contributed by atoms with Crippen molar-refractivity contribution in [2.75, 3.05) is 11.1 Å². The first-order valence-corrected chi connectivity index (χ1v) is 5.84. The van der Waals surface area contributed by atoms with Crippen LogP contribution in [0.3, 0.4) is 0 Å². The Morgan fingerprint density at radius 2 is 1.88 bits per heavy atom. The molecule has 0 atom stereocenters. The third-order valence-corrected chi connectivity index (χ3v) is 2.97. The molecule has 0 bridgehead atoms. The summed E-state index contributed by atoms with van der Waals surface area (Å²) in [5.74, 6) is 0. The largest absolute Gasteiger partial charge is 0.398 e. The van der Waals surface area contributed by atoms with Crippen molar-refractivity contribution in [3.63, 3.8) is 0 Å². The molecule has 3 heteroatoms. The molecule has 0 aliphatic rings. The first kappa shape index (κ1) is 11.0. The fourth-order valence-corrected chi connectivity index (χ4v) is 1.91. The van der Waals surface area contributed by atoms with Gasteiger partial charge >= 0.3 is 0 Å². The van der Waals surface area contributed by atoms with Gasteiger partial charge in [-0.05, 0) is 42.8 Å². The van der Waals surface area contributed by atoms with E-state index in [1.807, 2.05) is 49.4 Å². The standard InChI is InChI=1S/C13H13BrN2/c1-9-12(15)6-3-7-13(9)16-11-5-2-4-10(14)8-11/h2-8,16H,15H2,1H3. The third-order valence-electron chi connectivity index (χ3n) is 2.48. The molecular formula is C13H13BrN2. The summed E-state index contributed by atoms with van der Waals surface area (Å²) in [6, 6.07) is 13.9. The lowest BCUT2D eigenvalue weighted by Gasteiger charge is -2.11. The van der Waals surface area contributed by atoms with E-state index in [2.05, 4.69) is 21.2 Å². The van der Waals surface area contributed by atoms with E-state index in [0.717, 1.165) is 27.1 Å². The highest BCUT2D eigenvalue weighted by molar-refractivity contribution is 9.10. The summed E-state index contributed by atoms with van der Waals surface area (Å²) in [5.41, 5.74) is 9.82. The molecule has 2 aromatic rings. The van der Waals surface area contributed by atoms with E-state index in [1.54, 1.807) is 0 Å². The molecule has 0 heterocycles. The van der Waals surface area contributed by atoms with Crippen LogP contribution in [0.4, 0.5) is 17.1 Å². The number of rotatable bonds is 2. The van der Waals surface area contributed by atoms with E-state index < -0.39 is 0 Å². The highest BCUT2D eigenvalue weighted by Crippen LogP contribution is 2.25. The van der Waals surface area contributed by atoms with Gasteiger partial charge in [0.2, 0.25) is 0 Å². The van der Waals surface area contributed by atoms with Crippen molar-refractivity contribution in [1.82, 2.24) is 0 Å². The second-order valence-corrected chi connectivity index (χ2v) is 4.57. The lowest BCUT2D eigenvalue weighted by atomic mass is 10.1. The van der Waals surface area contributed by atoms with Gasteiger partial charge in [0, 0.05) is 21.5 Å². The van der Waals surface area contributed by atoms with Crippen LogP contribution in [0, 0.1) is 6.92 Å². The third kappa shape index (κ3) is 2.36. The van der Waals surface area contributed by atoms with Crippen LogP contribution in [0.2, 0.25) is 0 Å². The second kappa shape index (κ2) is 4.58. The molecule has 0 spiro atoms. The normalized spacial score (nSPS) is 10.1. The first-order valence-electron chi connectivity index (χ1n) is 5.04. The van der Waals surface area contributed by atoms with Crippen molar-refractivity contribution in [3.8, 4) is 0 Å². The van der Waals surface area contributed by atoms with Gasteiger partial charge in [0.25, 0.3) is 0 Å². The van der Waals surface area contributed by atoms with Crippen molar-refractivity contribution < 1.29 is 0 Å². The molecule has 3 N–H and O–H groups in total. The quantitative estimate of drug-likeness (QED) is 0.811. The topological polar surface area (TPSA) is 38.0 Å². The molecule has 0 aromatic heterocycles. The van der Waals surface area contributed by atoms with Gasteiger partial charge in [-0.25, -0.2) is 0 Å². The summed E-state index contributed by atoms with van der Waals surface area (Å²) in [4.78, 5) is 0. The zero-order valence-corrected chi connectivity index (χ0v) is 10.6. The van der Waals surface area contributed by atoms with Crippen LogP contribution in [-0.4, -0.2) is 0 Å². The van der Waals surface area contributed by atoms with Gasteiger partial charge in [0.15, 0.2) is 0 Å². The summed E-state index contributed by atoms with van der Waals surface area (Å²) < 4.78 is 1.05. The zero-order valence-electron chi connectivity index (χ0n) is 9.00. The second-order valence-electron chi connectivity index (χ2n) is 3.66. The Morgan fingerprint density at radius 3 is 2.62 bits per heavy atom. The van der Waals surface area contributed by atoms with Crippen LogP contribution in [0.25, 0.3) is 0 Å². The predicted octanol–water partition coefficient (Wildman–Crippen LogP) is 4.08. The lowest BCUT2D eigenvalue weighted by molar-refractivity contribution is 1.43. The number of nitrogens with one attached hydrogen (secondary N) is 1. The van der Waals surface area contributed by atoms with Gasteiger partial charge in [0.1, 0.15) is 0 Å². The van der Waals surface area contributed by atoms with Gasteiger partial charge in [-0.2, -0.15) is 0 Å². The Hall–Kier alpha value is -1.48. The smallest absolute Gasteiger partial charge is 0.0434 e. The van der Waals surface area contributed by atoms with E-state index in [9.17, 15) is 0 Å². The van der Waals surface area contributed by atoms with E-state index in [0.29, 0.717) is 0 Å². The van der Waals surface area contributed by atoms with E-state index in [-0.39, 0.29) is 0 Å². The van der Waals surface area contributed by atoms with Gasteiger partial charge < -0.3 is 11.1 Å². The highest BCUT2D eigenvalue weighted by Gasteiger charge is 2.01. The zero-order chi connectivity index (χ0) is 11.5. The predicted molar refractivity (Wildman–Crippen MR) is 73.0 cm³/mol. The molecule has 2 rings (SSSR count). The first-order chi connectivity index (χ1) is 7.66. The van der Waals surface area contributed by atoms with Crippen LogP contribution in [0.15, 0.2) is 46.9 Å². The summed E-state index contributed by atoms with van der Waals surface area (Å²) in [5, 5.41) is 3.34. The number of hydrogen-bond acceptors (Lipinski definition) is 2. The number of halogens is 1. The SMILES string of the molecule is Cc1c(N)cccc1Nc1cccc(Br)c1. The molecule has 2 nitrogen and oxygen atoms in total. The summed E-state index contributed by atoms with van der Waals surface area (Å²) in [6.45, 7) is 2.01. The Kier molecular flexibility index (Phi) is 3.15. The lowest BCUT2D eigenvalue weighted by Crippen LogP contribution is -1.96. The fraction of sp³-hybridized carbons (Fsp3) is 0.0769. The molecular weight excluding hydrogens is 264 g/mol. The van der Waals surface area contributed by atoms with Crippen LogP contribution < -0.4 is 11.1 Å². The van der Waals surface area contributed by atoms with E-state index >= 15 is 0 Å². The Balaban J connectivity index is 2.31. The van der Waals surface area contributed by atoms with E-state index in [1.165, 1.54) is 0 Å². The average Bonchev–Trinajstić information content (AvgIpc) is 2.25. The van der Waals surface area contributed by atoms with Crippen molar-refractivity contribution in [2.45, 2.75) is 6.92 Å². The molecule has 82 valence electrons. The van der Waals surface area contributed by atoms with Crippen LogP contribution in [0.1, 0.15) is 5.56 Å². The van der Waals surface area contributed by atoms with Crippen LogP contribution in [-0.2, 0) is 0 Å². The van der Waals surface area contributed by atoms with Gasteiger partial charge in [-0.3, -0.25) is 0 Å². The minimum absolute atomic E-state index is 0.806. The Morgan fingerprint density at radius 1 is 1.12 bits per heavy atom.